The van der Waals surface area contributed by atoms with Crippen molar-refractivity contribution in [2.24, 2.45) is 0 Å². The Morgan fingerprint density at radius 3 is 1.80 bits per heavy atom. The SMILES string of the molecule is CC1c2c(n(-c3nc4c5c(nc(-n6c7ccccc7c7cc(-c8ccccc8)ccc76)nc5n3)-c3ccccc3-4)c3ccccc23)C=CC1c1ccccc1. The van der Waals surface area contributed by atoms with E-state index in [0.717, 1.165) is 60.9 Å². The molecule has 0 spiro atoms. The fourth-order valence-electron chi connectivity index (χ4n) is 9.26. The lowest BCUT2D eigenvalue weighted by atomic mass is 9.78. The van der Waals surface area contributed by atoms with E-state index >= 15 is 0 Å². The van der Waals surface area contributed by atoms with E-state index < -0.39 is 0 Å². The van der Waals surface area contributed by atoms with Crippen LogP contribution in [0.25, 0.3) is 95.4 Å². The van der Waals surface area contributed by atoms with Gasteiger partial charge in [0.2, 0.25) is 11.9 Å². The molecule has 0 saturated carbocycles. The monoisotopic (exact) mass is 704 g/mol. The van der Waals surface area contributed by atoms with Gasteiger partial charge in [0.1, 0.15) is 0 Å². The number of rotatable bonds is 4. The van der Waals surface area contributed by atoms with Crippen LogP contribution < -0.4 is 0 Å². The lowest BCUT2D eigenvalue weighted by Gasteiger charge is -2.26. The fraction of sp³-hybridized carbons (Fsp3) is 0.0612. The molecule has 10 aromatic rings. The van der Waals surface area contributed by atoms with Gasteiger partial charge in [-0.2, -0.15) is 9.97 Å². The van der Waals surface area contributed by atoms with Gasteiger partial charge in [0.05, 0.1) is 39.0 Å². The second-order valence-electron chi connectivity index (χ2n) is 14.7. The third-order valence-corrected chi connectivity index (χ3v) is 11.7. The Labute approximate surface area is 316 Å². The molecule has 6 nitrogen and oxygen atoms in total. The minimum absolute atomic E-state index is 0.253. The predicted octanol–water partition coefficient (Wildman–Crippen LogP) is 11.7. The first-order valence-electron chi connectivity index (χ1n) is 18.9. The summed E-state index contributed by atoms with van der Waals surface area (Å²) in [5.74, 6) is 1.72. The summed E-state index contributed by atoms with van der Waals surface area (Å²) in [5.41, 5.74) is 13.7. The molecule has 12 rings (SSSR count). The molecule has 2 aliphatic rings. The number of hydrogen-bond donors (Lipinski definition) is 0. The number of fused-ring (bicyclic) bond motifs is 9. The molecular formula is C49H32N6. The highest BCUT2D eigenvalue weighted by Gasteiger charge is 2.33. The van der Waals surface area contributed by atoms with Crippen LogP contribution in [0.3, 0.4) is 0 Å². The molecule has 0 aliphatic heterocycles. The van der Waals surface area contributed by atoms with Gasteiger partial charge in [-0.05, 0) is 58.5 Å². The average molecular weight is 705 g/mol. The number of nitrogens with zero attached hydrogens (tertiary/aromatic N) is 6. The van der Waals surface area contributed by atoms with Gasteiger partial charge >= 0.3 is 0 Å². The number of allylic oxidation sites excluding steroid dienone is 1. The summed E-state index contributed by atoms with van der Waals surface area (Å²) in [5, 5.41) is 4.42. The summed E-state index contributed by atoms with van der Waals surface area (Å²) in [4.78, 5) is 21.4. The van der Waals surface area contributed by atoms with Crippen LogP contribution in [-0.2, 0) is 0 Å². The molecule has 0 amide bonds. The quantitative estimate of drug-likeness (QED) is 0.183. The molecule has 0 N–H and O–H groups in total. The second kappa shape index (κ2) is 11.4. The molecule has 4 heterocycles. The fourth-order valence-corrected chi connectivity index (χ4v) is 9.26. The third-order valence-electron chi connectivity index (χ3n) is 11.7. The van der Waals surface area contributed by atoms with Gasteiger partial charge in [0, 0.05) is 33.2 Å². The van der Waals surface area contributed by atoms with Crippen LogP contribution in [0.1, 0.15) is 35.6 Å². The molecule has 2 aliphatic carbocycles. The first-order chi connectivity index (χ1) is 27.2. The van der Waals surface area contributed by atoms with E-state index in [0.29, 0.717) is 17.5 Å². The first-order valence-corrected chi connectivity index (χ1v) is 18.9. The van der Waals surface area contributed by atoms with Crippen molar-refractivity contribution < 1.29 is 0 Å². The Morgan fingerprint density at radius 1 is 0.491 bits per heavy atom. The average Bonchev–Trinajstić information content (AvgIpc) is 3.88. The summed E-state index contributed by atoms with van der Waals surface area (Å²) in [6.45, 7) is 2.34. The zero-order valence-electron chi connectivity index (χ0n) is 29.9. The van der Waals surface area contributed by atoms with E-state index in [1.165, 1.54) is 27.6 Å². The van der Waals surface area contributed by atoms with Crippen LogP contribution in [-0.4, -0.2) is 29.1 Å². The molecule has 6 aromatic carbocycles. The Morgan fingerprint density at radius 2 is 1.07 bits per heavy atom. The molecule has 2 unspecified atom stereocenters. The topological polar surface area (TPSA) is 61.4 Å². The molecule has 0 saturated heterocycles. The van der Waals surface area contributed by atoms with E-state index in [1.807, 2.05) is 0 Å². The summed E-state index contributed by atoms with van der Waals surface area (Å²) >= 11 is 0. The van der Waals surface area contributed by atoms with Crippen LogP contribution in [0.15, 0.2) is 158 Å². The molecule has 4 aromatic heterocycles. The van der Waals surface area contributed by atoms with Crippen LogP contribution in [0.5, 0.6) is 0 Å². The van der Waals surface area contributed by atoms with E-state index in [1.54, 1.807) is 0 Å². The normalized spacial score (nSPS) is 15.7. The number of benzene rings is 6. The van der Waals surface area contributed by atoms with Gasteiger partial charge in [-0.15, -0.1) is 0 Å². The largest absolute Gasteiger partial charge is 0.278 e. The maximum Gasteiger partial charge on any atom is 0.237 e. The van der Waals surface area contributed by atoms with Crippen molar-refractivity contribution in [2.75, 3.05) is 0 Å². The van der Waals surface area contributed by atoms with Crippen LogP contribution in [0.2, 0.25) is 0 Å². The van der Waals surface area contributed by atoms with Gasteiger partial charge in [0.25, 0.3) is 0 Å². The summed E-state index contributed by atoms with van der Waals surface area (Å²) < 4.78 is 4.43. The van der Waals surface area contributed by atoms with Gasteiger partial charge in [-0.3, -0.25) is 9.13 Å². The predicted molar refractivity (Wildman–Crippen MR) is 223 cm³/mol. The highest BCUT2D eigenvalue weighted by Crippen LogP contribution is 2.48. The molecule has 2 atom stereocenters. The van der Waals surface area contributed by atoms with Crippen LogP contribution >= 0.6 is 0 Å². The summed E-state index contributed by atoms with van der Waals surface area (Å²) in [7, 11) is 0. The molecular weight excluding hydrogens is 673 g/mol. The lowest BCUT2D eigenvalue weighted by Crippen LogP contribution is -2.13. The Kier molecular flexibility index (Phi) is 6.29. The standard InChI is InChI=1S/C49H32N6/c1-29-33(31-16-6-3-7-17-31)25-27-42-43(29)37-21-11-13-23-40(37)55(42)49-51-46-36-20-9-8-19-35(36)45-44(46)47(53-49)52-48(50-45)54-39-22-12-10-18-34(39)38-28-32(24-26-41(38)54)30-14-4-2-5-15-30/h2-29,33H,1H3. The zero-order chi connectivity index (χ0) is 36.2. The van der Waals surface area contributed by atoms with Crippen molar-refractivity contribution in [2.45, 2.75) is 18.8 Å². The molecule has 258 valence electrons. The Hall–Kier alpha value is -7.18. The molecule has 0 bridgehead atoms. The third kappa shape index (κ3) is 4.30. The van der Waals surface area contributed by atoms with E-state index in [-0.39, 0.29) is 11.8 Å². The molecule has 0 radical (unpaired) electrons. The molecule has 6 heteroatoms. The Bertz CT molecular complexity index is 3230. The molecule has 55 heavy (non-hydrogen) atoms. The van der Waals surface area contributed by atoms with Crippen molar-refractivity contribution in [1.82, 2.24) is 29.1 Å². The van der Waals surface area contributed by atoms with E-state index in [2.05, 4.69) is 180 Å². The van der Waals surface area contributed by atoms with Gasteiger partial charge < -0.3 is 0 Å². The van der Waals surface area contributed by atoms with Gasteiger partial charge in [-0.1, -0.05) is 140 Å². The smallest absolute Gasteiger partial charge is 0.237 e. The summed E-state index contributed by atoms with van der Waals surface area (Å²) in [6.07, 6.45) is 4.61. The molecule has 0 fully saturated rings. The minimum atomic E-state index is 0.253. The van der Waals surface area contributed by atoms with Crippen molar-refractivity contribution in [3.8, 4) is 45.5 Å². The van der Waals surface area contributed by atoms with E-state index in [4.69, 9.17) is 19.9 Å². The van der Waals surface area contributed by atoms with E-state index in [9.17, 15) is 0 Å². The van der Waals surface area contributed by atoms with Crippen molar-refractivity contribution in [1.29, 1.82) is 0 Å². The Balaban J connectivity index is 1.11. The zero-order valence-corrected chi connectivity index (χ0v) is 29.9. The number of para-hydroxylation sites is 2. The van der Waals surface area contributed by atoms with Gasteiger partial charge in [0.15, 0.2) is 5.65 Å². The van der Waals surface area contributed by atoms with Crippen molar-refractivity contribution in [3.63, 3.8) is 0 Å². The van der Waals surface area contributed by atoms with Crippen molar-refractivity contribution >= 4 is 49.8 Å². The highest BCUT2D eigenvalue weighted by molar-refractivity contribution is 6.12. The number of hydrogen-bond acceptors (Lipinski definition) is 4. The van der Waals surface area contributed by atoms with Crippen LogP contribution in [0.4, 0.5) is 0 Å². The first kappa shape index (κ1) is 30.3. The maximum absolute atomic E-state index is 5.38. The van der Waals surface area contributed by atoms with Gasteiger partial charge in [-0.25, -0.2) is 9.97 Å². The lowest BCUT2D eigenvalue weighted by molar-refractivity contribution is 0.670. The minimum Gasteiger partial charge on any atom is -0.278 e. The highest BCUT2D eigenvalue weighted by atomic mass is 15.2. The maximum atomic E-state index is 5.38. The second-order valence-corrected chi connectivity index (χ2v) is 14.7. The van der Waals surface area contributed by atoms with Crippen molar-refractivity contribution in [3.05, 3.63) is 175 Å². The number of aromatic nitrogens is 6. The summed E-state index contributed by atoms with van der Waals surface area (Å²) in [6, 6.07) is 53.6. The van der Waals surface area contributed by atoms with Crippen LogP contribution in [0, 0.1) is 0 Å².